The fraction of sp³-hybridized carbons (Fsp3) is 0.250. The predicted molar refractivity (Wildman–Crippen MR) is 78.1 cm³/mol. The first-order valence-corrected chi connectivity index (χ1v) is 7.30. The Bertz CT molecular complexity index is 777. The monoisotopic (exact) mass is 298 g/mol. The van der Waals surface area contributed by atoms with Gasteiger partial charge in [-0.2, -0.15) is 5.10 Å². The van der Waals surface area contributed by atoms with Gasteiger partial charge < -0.3 is 4.84 Å². The second-order valence-electron chi connectivity index (χ2n) is 5.30. The van der Waals surface area contributed by atoms with E-state index in [9.17, 15) is 4.39 Å². The van der Waals surface area contributed by atoms with E-state index in [-0.39, 0.29) is 5.82 Å². The van der Waals surface area contributed by atoms with Crippen molar-refractivity contribution in [3.8, 4) is 5.69 Å². The van der Waals surface area contributed by atoms with Crippen LogP contribution in [0.25, 0.3) is 5.69 Å². The minimum Gasteiger partial charge on any atom is -0.390 e. The lowest BCUT2D eigenvalue weighted by atomic mass is 10.2. The molecular formula is C16H15FN4O. The number of hydrogen-bond acceptors (Lipinski definition) is 3. The molecule has 0 aliphatic heterocycles. The first-order valence-electron chi connectivity index (χ1n) is 7.30. The summed E-state index contributed by atoms with van der Waals surface area (Å²) in [7, 11) is 0. The summed E-state index contributed by atoms with van der Waals surface area (Å²) in [5, 5.41) is 8.68. The average molecular weight is 298 g/mol. The Hall–Kier alpha value is -2.63. The number of aromatic nitrogens is 4. The summed E-state index contributed by atoms with van der Waals surface area (Å²) >= 11 is 0. The van der Waals surface area contributed by atoms with E-state index in [2.05, 4.69) is 10.2 Å². The van der Waals surface area contributed by atoms with Gasteiger partial charge in [-0.05, 0) is 49.6 Å². The van der Waals surface area contributed by atoms with Gasteiger partial charge in [-0.3, -0.25) is 0 Å². The summed E-state index contributed by atoms with van der Waals surface area (Å²) < 4.78 is 15.0. The van der Waals surface area contributed by atoms with Crippen LogP contribution in [0.4, 0.5) is 4.39 Å². The quantitative estimate of drug-likeness (QED) is 0.742. The minimum absolute atomic E-state index is 0.241. The lowest BCUT2D eigenvalue weighted by Gasteiger charge is -2.05. The van der Waals surface area contributed by atoms with Crippen LogP contribution in [0.5, 0.6) is 0 Å². The third-order valence-corrected chi connectivity index (χ3v) is 3.90. The molecule has 0 N–H and O–H groups in total. The summed E-state index contributed by atoms with van der Waals surface area (Å²) in [5.41, 5.74) is 4.25. The Kier molecular flexibility index (Phi) is 3.14. The van der Waals surface area contributed by atoms with Crippen LogP contribution >= 0.6 is 0 Å². The zero-order valence-electron chi connectivity index (χ0n) is 11.9. The molecular weight excluding hydrogens is 283 g/mol. The van der Waals surface area contributed by atoms with E-state index in [0.717, 1.165) is 30.6 Å². The number of benzene rings is 1. The molecule has 0 bridgehead atoms. The van der Waals surface area contributed by atoms with Gasteiger partial charge in [-0.1, -0.05) is 0 Å². The van der Waals surface area contributed by atoms with Gasteiger partial charge in [0.25, 0.3) is 0 Å². The molecule has 0 atom stereocenters. The predicted octanol–water partition coefficient (Wildman–Crippen LogP) is 2.33. The van der Waals surface area contributed by atoms with E-state index >= 15 is 0 Å². The number of nitrogens with zero attached hydrogens (tertiary/aromatic N) is 4. The molecule has 4 rings (SSSR count). The molecule has 6 heteroatoms. The molecule has 3 aromatic rings. The average Bonchev–Trinajstić information content (AvgIpc) is 3.24. The lowest BCUT2D eigenvalue weighted by molar-refractivity contribution is 0.0675. The molecule has 0 amide bonds. The van der Waals surface area contributed by atoms with Crippen molar-refractivity contribution in [1.82, 2.24) is 19.7 Å². The maximum absolute atomic E-state index is 13.1. The normalized spacial score (nSPS) is 13.3. The van der Waals surface area contributed by atoms with Gasteiger partial charge in [0.05, 0.1) is 18.1 Å². The molecule has 0 saturated heterocycles. The maximum Gasteiger partial charge on any atom is 0.161 e. The van der Waals surface area contributed by atoms with E-state index < -0.39 is 0 Å². The summed E-state index contributed by atoms with van der Waals surface area (Å²) in [5.74, 6) is -0.241. The zero-order valence-corrected chi connectivity index (χ0v) is 11.9. The number of hydrogen-bond donors (Lipinski definition) is 0. The molecule has 1 aromatic carbocycles. The van der Waals surface area contributed by atoms with Crippen molar-refractivity contribution in [1.29, 1.82) is 0 Å². The van der Waals surface area contributed by atoms with Crippen molar-refractivity contribution in [3.63, 3.8) is 0 Å². The van der Waals surface area contributed by atoms with Crippen LogP contribution < -0.4 is 4.84 Å². The molecule has 2 heterocycles. The third kappa shape index (κ3) is 2.26. The second-order valence-corrected chi connectivity index (χ2v) is 5.30. The fourth-order valence-corrected chi connectivity index (χ4v) is 2.88. The van der Waals surface area contributed by atoms with Crippen molar-refractivity contribution < 1.29 is 9.23 Å². The third-order valence-electron chi connectivity index (χ3n) is 3.90. The number of halogens is 1. The smallest absolute Gasteiger partial charge is 0.161 e. The fourth-order valence-electron chi connectivity index (χ4n) is 2.88. The molecule has 22 heavy (non-hydrogen) atoms. The largest absolute Gasteiger partial charge is 0.390 e. The zero-order chi connectivity index (χ0) is 14.9. The van der Waals surface area contributed by atoms with Gasteiger partial charge in [-0.15, -0.1) is 9.94 Å². The molecule has 0 spiro atoms. The van der Waals surface area contributed by atoms with Crippen molar-refractivity contribution >= 4 is 0 Å². The highest BCUT2D eigenvalue weighted by Crippen LogP contribution is 2.28. The summed E-state index contributed by atoms with van der Waals surface area (Å²) in [6.07, 6.45) is 6.53. The van der Waals surface area contributed by atoms with Crippen LogP contribution in [0.15, 0.2) is 42.7 Å². The van der Waals surface area contributed by atoms with E-state index in [4.69, 9.17) is 4.84 Å². The van der Waals surface area contributed by atoms with Crippen LogP contribution in [0, 0.1) is 5.82 Å². The Morgan fingerprint density at radius 2 is 2.05 bits per heavy atom. The molecule has 0 saturated carbocycles. The van der Waals surface area contributed by atoms with Crippen molar-refractivity contribution in [2.75, 3.05) is 0 Å². The second kappa shape index (κ2) is 5.29. The van der Waals surface area contributed by atoms with Crippen LogP contribution in [-0.2, 0) is 19.4 Å². The van der Waals surface area contributed by atoms with Crippen LogP contribution in [0.3, 0.4) is 0 Å². The van der Waals surface area contributed by atoms with Crippen LogP contribution in [0.2, 0.25) is 0 Å². The lowest BCUT2D eigenvalue weighted by Crippen LogP contribution is -2.13. The van der Waals surface area contributed by atoms with Gasteiger partial charge in [0.15, 0.2) is 6.61 Å². The van der Waals surface area contributed by atoms with Gasteiger partial charge in [0.1, 0.15) is 11.5 Å². The highest BCUT2D eigenvalue weighted by atomic mass is 19.1. The van der Waals surface area contributed by atoms with Gasteiger partial charge in [0.2, 0.25) is 0 Å². The molecule has 1 aliphatic carbocycles. The highest BCUT2D eigenvalue weighted by molar-refractivity contribution is 5.39. The Labute approximate surface area is 126 Å². The summed E-state index contributed by atoms with van der Waals surface area (Å²) in [4.78, 5) is 7.02. The molecule has 2 aromatic heterocycles. The Balaban J connectivity index is 1.65. The SMILES string of the molecule is Fc1ccc(-n2nc(COn3cccn3)c3c2CCC3)cc1. The molecule has 5 nitrogen and oxygen atoms in total. The van der Waals surface area contributed by atoms with Crippen molar-refractivity contribution in [3.05, 3.63) is 65.5 Å². The standard InChI is InChI=1S/C16H15FN4O/c17-12-5-7-13(8-6-12)21-16-4-1-3-14(16)15(19-21)11-22-20-10-2-9-18-20/h2,5-10H,1,3-4,11H2. The number of rotatable bonds is 4. The first-order chi connectivity index (χ1) is 10.8. The van der Waals surface area contributed by atoms with E-state index in [1.165, 1.54) is 28.2 Å². The van der Waals surface area contributed by atoms with E-state index in [0.29, 0.717) is 6.61 Å². The van der Waals surface area contributed by atoms with Gasteiger partial charge in [-0.25, -0.2) is 9.07 Å². The summed E-state index contributed by atoms with van der Waals surface area (Å²) in [6.45, 7) is 0.373. The van der Waals surface area contributed by atoms with E-state index in [1.54, 1.807) is 24.5 Å². The number of fused-ring (bicyclic) bond motifs is 1. The molecule has 112 valence electrons. The van der Waals surface area contributed by atoms with Gasteiger partial charge >= 0.3 is 0 Å². The minimum atomic E-state index is -0.241. The van der Waals surface area contributed by atoms with E-state index in [1.807, 2.05) is 10.7 Å². The Morgan fingerprint density at radius 3 is 2.82 bits per heavy atom. The van der Waals surface area contributed by atoms with Gasteiger partial charge in [0, 0.05) is 11.3 Å². The Morgan fingerprint density at radius 1 is 1.18 bits per heavy atom. The van der Waals surface area contributed by atoms with Crippen molar-refractivity contribution in [2.24, 2.45) is 0 Å². The summed E-state index contributed by atoms with van der Waals surface area (Å²) in [6, 6.07) is 8.22. The maximum atomic E-state index is 13.1. The molecule has 0 radical (unpaired) electrons. The molecule has 0 unspecified atom stereocenters. The van der Waals surface area contributed by atoms with Crippen LogP contribution in [0.1, 0.15) is 23.4 Å². The highest BCUT2D eigenvalue weighted by Gasteiger charge is 2.23. The van der Waals surface area contributed by atoms with Crippen molar-refractivity contribution in [2.45, 2.75) is 25.9 Å². The topological polar surface area (TPSA) is 44.9 Å². The molecule has 1 aliphatic rings. The first kappa shape index (κ1) is 13.1. The molecule has 0 fully saturated rings. The van der Waals surface area contributed by atoms with Crippen LogP contribution in [-0.4, -0.2) is 19.7 Å².